The summed E-state index contributed by atoms with van der Waals surface area (Å²) in [7, 11) is 0. The molecule has 0 spiro atoms. The second kappa shape index (κ2) is 5.35. The predicted molar refractivity (Wildman–Crippen MR) is 61.9 cm³/mol. The summed E-state index contributed by atoms with van der Waals surface area (Å²) >= 11 is 0. The fourth-order valence-electron chi connectivity index (χ4n) is 1.96. The van der Waals surface area contributed by atoms with Crippen molar-refractivity contribution in [2.45, 2.75) is 39.8 Å². The first-order valence-electron chi connectivity index (χ1n) is 5.89. The van der Waals surface area contributed by atoms with Crippen LogP contribution in [0.1, 0.15) is 27.7 Å². The van der Waals surface area contributed by atoms with Gasteiger partial charge in [0.15, 0.2) is 0 Å². The Bertz CT molecular complexity index is 216. The maximum atomic E-state index is 12.1. The molecule has 1 aliphatic rings. The number of piperazine rings is 1. The van der Waals surface area contributed by atoms with Crippen LogP contribution in [0.25, 0.3) is 0 Å². The number of rotatable bonds is 2. The summed E-state index contributed by atoms with van der Waals surface area (Å²) in [6, 6.07) is 0.885. The van der Waals surface area contributed by atoms with Gasteiger partial charge in [0.2, 0.25) is 0 Å². The van der Waals surface area contributed by atoms with E-state index in [9.17, 15) is 4.79 Å². The molecular weight excluding hydrogens is 190 g/mol. The van der Waals surface area contributed by atoms with Crippen LogP contribution in [0, 0.1) is 0 Å². The second-order valence-corrected chi connectivity index (χ2v) is 4.27. The zero-order valence-corrected chi connectivity index (χ0v) is 10.3. The molecule has 0 radical (unpaired) electrons. The minimum atomic E-state index is 0.181. The molecule has 4 nitrogen and oxygen atoms in total. The molecule has 0 aromatic heterocycles. The minimum absolute atomic E-state index is 0.181. The Kier molecular flexibility index (Phi) is 4.39. The lowest BCUT2D eigenvalue weighted by Gasteiger charge is -2.40. The standard InChI is InChI=1S/C11H23N3O/c1-5-13(6-2)11(15)14-8-9(3)12-7-10(14)4/h9-10,12H,5-8H2,1-4H3/t9-,10+/m1/s1. The molecule has 0 bridgehead atoms. The van der Waals surface area contributed by atoms with Crippen LogP contribution < -0.4 is 5.32 Å². The molecule has 0 saturated carbocycles. The molecular formula is C11H23N3O. The lowest BCUT2D eigenvalue weighted by molar-refractivity contribution is 0.118. The van der Waals surface area contributed by atoms with Crippen molar-refractivity contribution in [3.8, 4) is 0 Å². The Balaban J connectivity index is 2.63. The van der Waals surface area contributed by atoms with Gasteiger partial charge in [0.05, 0.1) is 0 Å². The first kappa shape index (κ1) is 12.3. The topological polar surface area (TPSA) is 35.6 Å². The van der Waals surface area contributed by atoms with E-state index < -0.39 is 0 Å². The summed E-state index contributed by atoms with van der Waals surface area (Å²) in [6.07, 6.45) is 0. The molecule has 1 heterocycles. The lowest BCUT2D eigenvalue weighted by atomic mass is 10.1. The maximum Gasteiger partial charge on any atom is 0.320 e. The van der Waals surface area contributed by atoms with Gasteiger partial charge in [-0.05, 0) is 27.7 Å². The monoisotopic (exact) mass is 213 g/mol. The van der Waals surface area contributed by atoms with Gasteiger partial charge < -0.3 is 15.1 Å². The van der Waals surface area contributed by atoms with Gasteiger partial charge in [-0.15, -0.1) is 0 Å². The number of nitrogens with zero attached hydrogens (tertiary/aromatic N) is 2. The highest BCUT2D eigenvalue weighted by Crippen LogP contribution is 2.09. The lowest BCUT2D eigenvalue weighted by Crippen LogP contribution is -2.59. The van der Waals surface area contributed by atoms with E-state index in [0.717, 1.165) is 26.2 Å². The molecule has 1 saturated heterocycles. The molecule has 1 aliphatic heterocycles. The minimum Gasteiger partial charge on any atom is -0.325 e. The van der Waals surface area contributed by atoms with Crippen LogP contribution in [0.5, 0.6) is 0 Å². The van der Waals surface area contributed by atoms with Crippen molar-refractivity contribution < 1.29 is 4.79 Å². The number of urea groups is 1. The number of carbonyl (C=O) groups is 1. The number of amides is 2. The van der Waals surface area contributed by atoms with Crippen molar-refractivity contribution in [3.63, 3.8) is 0 Å². The van der Waals surface area contributed by atoms with E-state index >= 15 is 0 Å². The summed E-state index contributed by atoms with van der Waals surface area (Å²) in [6.45, 7) is 11.6. The summed E-state index contributed by atoms with van der Waals surface area (Å²) < 4.78 is 0. The smallest absolute Gasteiger partial charge is 0.320 e. The van der Waals surface area contributed by atoms with Gasteiger partial charge in [-0.25, -0.2) is 4.79 Å². The van der Waals surface area contributed by atoms with Gasteiger partial charge in [0, 0.05) is 38.3 Å². The van der Waals surface area contributed by atoms with Crippen LogP contribution in [0.2, 0.25) is 0 Å². The van der Waals surface area contributed by atoms with Crippen molar-refractivity contribution >= 4 is 6.03 Å². The predicted octanol–water partition coefficient (Wildman–Crippen LogP) is 1.13. The first-order valence-corrected chi connectivity index (χ1v) is 5.89. The number of nitrogens with one attached hydrogen (secondary N) is 1. The third kappa shape index (κ3) is 2.84. The molecule has 0 aromatic carbocycles. The van der Waals surface area contributed by atoms with Crippen LogP contribution in [0.15, 0.2) is 0 Å². The Morgan fingerprint density at radius 1 is 1.40 bits per heavy atom. The number of hydrogen-bond acceptors (Lipinski definition) is 2. The molecule has 0 unspecified atom stereocenters. The van der Waals surface area contributed by atoms with Crippen molar-refractivity contribution in [2.24, 2.45) is 0 Å². The van der Waals surface area contributed by atoms with Crippen LogP contribution in [0.3, 0.4) is 0 Å². The zero-order chi connectivity index (χ0) is 11.4. The molecule has 2 amide bonds. The summed E-state index contributed by atoms with van der Waals surface area (Å²) in [5.41, 5.74) is 0. The molecule has 1 N–H and O–H groups in total. The molecule has 15 heavy (non-hydrogen) atoms. The van der Waals surface area contributed by atoms with Crippen LogP contribution in [-0.2, 0) is 0 Å². The normalized spacial score (nSPS) is 26.5. The second-order valence-electron chi connectivity index (χ2n) is 4.27. The van der Waals surface area contributed by atoms with E-state index in [1.807, 2.05) is 23.6 Å². The van der Waals surface area contributed by atoms with Gasteiger partial charge in [0.25, 0.3) is 0 Å². The zero-order valence-electron chi connectivity index (χ0n) is 10.3. The first-order chi connectivity index (χ1) is 7.10. The van der Waals surface area contributed by atoms with Crippen LogP contribution in [0.4, 0.5) is 4.79 Å². The number of carbonyl (C=O) groups excluding carboxylic acids is 1. The fourth-order valence-corrected chi connectivity index (χ4v) is 1.96. The van der Waals surface area contributed by atoms with Gasteiger partial charge >= 0.3 is 6.03 Å². The summed E-state index contributed by atoms with van der Waals surface area (Å²) in [4.78, 5) is 16.0. The fraction of sp³-hybridized carbons (Fsp3) is 0.909. The van der Waals surface area contributed by atoms with E-state index in [-0.39, 0.29) is 6.03 Å². The molecule has 4 heteroatoms. The van der Waals surface area contributed by atoms with Gasteiger partial charge in [0.1, 0.15) is 0 Å². The highest BCUT2D eigenvalue weighted by atomic mass is 16.2. The summed E-state index contributed by atoms with van der Waals surface area (Å²) in [5.74, 6) is 0. The van der Waals surface area contributed by atoms with Crippen molar-refractivity contribution in [3.05, 3.63) is 0 Å². The highest BCUT2D eigenvalue weighted by molar-refractivity contribution is 5.75. The third-order valence-corrected chi connectivity index (χ3v) is 3.04. The maximum absolute atomic E-state index is 12.1. The SMILES string of the molecule is CCN(CC)C(=O)N1C[C@@H](C)NC[C@@H]1C. The molecule has 1 fully saturated rings. The Hall–Kier alpha value is -0.770. The molecule has 0 aromatic rings. The van der Waals surface area contributed by atoms with E-state index in [1.54, 1.807) is 0 Å². The molecule has 88 valence electrons. The van der Waals surface area contributed by atoms with E-state index in [0.29, 0.717) is 12.1 Å². The average Bonchev–Trinajstić information content (AvgIpc) is 2.23. The third-order valence-electron chi connectivity index (χ3n) is 3.04. The van der Waals surface area contributed by atoms with Crippen LogP contribution >= 0.6 is 0 Å². The largest absolute Gasteiger partial charge is 0.325 e. The van der Waals surface area contributed by atoms with Crippen molar-refractivity contribution in [1.82, 2.24) is 15.1 Å². The van der Waals surface area contributed by atoms with Gasteiger partial charge in [-0.3, -0.25) is 0 Å². The van der Waals surface area contributed by atoms with Crippen LogP contribution in [-0.4, -0.2) is 54.1 Å². The van der Waals surface area contributed by atoms with Gasteiger partial charge in [-0.1, -0.05) is 0 Å². The van der Waals surface area contributed by atoms with E-state index in [4.69, 9.17) is 0 Å². The van der Waals surface area contributed by atoms with Gasteiger partial charge in [-0.2, -0.15) is 0 Å². The number of hydrogen-bond donors (Lipinski definition) is 1. The Morgan fingerprint density at radius 2 is 2.00 bits per heavy atom. The van der Waals surface area contributed by atoms with Crippen molar-refractivity contribution in [1.29, 1.82) is 0 Å². The van der Waals surface area contributed by atoms with E-state index in [1.165, 1.54) is 0 Å². The van der Waals surface area contributed by atoms with E-state index in [2.05, 4.69) is 19.2 Å². The summed E-state index contributed by atoms with van der Waals surface area (Å²) in [5, 5.41) is 3.38. The molecule has 1 rings (SSSR count). The molecule has 0 aliphatic carbocycles. The van der Waals surface area contributed by atoms with Crippen molar-refractivity contribution in [2.75, 3.05) is 26.2 Å². The quantitative estimate of drug-likeness (QED) is 0.746. The molecule has 2 atom stereocenters. The highest BCUT2D eigenvalue weighted by Gasteiger charge is 2.28. The Labute approximate surface area is 92.6 Å². The average molecular weight is 213 g/mol. The Morgan fingerprint density at radius 3 is 2.53 bits per heavy atom.